The molecule has 1 N–H and O–H groups in total. The van der Waals surface area contributed by atoms with E-state index in [0.29, 0.717) is 12.1 Å². The first-order valence-electron chi connectivity index (χ1n) is 8.00. The first kappa shape index (κ1) is 14.3. The van der Waals surface area contributed by atoms with Gasteiger partial charge in [0.15, 0.2) is 0 Å². The molecule has 0 radical (unpaired) electrons. The Balaban J connectivity index is 1.58. The Morgan fingerprint density at radius 2 is 1.90 bits per heavy atom. The zero-order chi connectivity index (χ0) is 14.7. The van der Waals surface area contributed by atoms with Gasteiger partial charge in [0, 0.05) is 25.0 Å². The largest absolute Gasteiger partial charge is 0.309 e. The van der Waals surface area contributed by atoms with Crippen molar-refractivity contribution < 1.29 is 0 Å². The van der Waals surface area contributed by atoms with E-state index >= 15 is 0 Å². The van der Waals surface area contributed by atoms with Crippen molar-refractivity contribution in [3.63, 3.8) is 0 Å². The van der Waals surface area contributed by atoms with Crippen LogP contribution in [0.5, 0.6) is 0 Å². The first-order valence-corrected chi connectivity index (χ1v) is 8.00. The number of aromatic nitrogens is 4. The van der Waals surface area contributed by atoms with Crippen molar-refractivity contribution in [3.05, 3.63) is 35.9 Å². The minimum Gasteiger partial charge on any atom is -0.309 e. The quantitative estimate of drug-likeness (QED) is 0.888. The zero-order valence-corrected chi connectivity index (χ0v) is 13.0. The summed E-state index contributed by atoms with van der Waals surface area (Å²) < 4.78 is 4.12. The summed E-state index contributed by atoms with van der Waals surface area (Å²) in [5, 5.41) is 12.7. The highest BCUT2D eigenvalue weighted by molar-refractivity contribution is 5.04. The van der Waals surface area contributed by atoms with Crippen LogP contribution >= 0.6 is 0 Å². The molecule has 2 heterocycles. The van der Waals surface area contributed by atoms with E-state index in [0.717, 1.165) is 24.5 Å². The van der Waals surface area contributed by atoms with E-state index in [1.807, 2.05) is 10.9 Å². The summed E-state index contributed by atoms with van der Waals surface area (Å²) in [5.74, 6) is 0. The zero-order valence-electron chi connectivity index (χ0n) is 13.0. The molecular weight excluding hydrogens is 262 g/mol. The Morgan fingerprint density at radius 1 is 1.14 bits per heavy atom. The second kappa shape index (κ2) is 6.43. The van der Waals surface area contributed by atoms with Crippen LogP contribution in [0.2, 0.25) is 0 Å². The lowest BCUT2D eigenvalue weighted by atomic mass is 10.3. The van der Waals surface area contributed by atoms with Crippen molar-refractivity contribution in [1.82, 2.24) is 24.9 Å². The van der Waals surface area contributed by atoms with Crippen molar-refractivity contribution in [3.8, 4) is 0 Å². The van der Waals surface area contributed by atoms with Crippen molar-refractivity contribution in [2.75, 3.05) is 0 Å². The molecule has 0 bridgehead atoms. The molecule has 1 saturated carbocycles. The first-order chi connectivity index (χ1) is 10.2. The van der Waals surface area contributed by atoms with Gasteiger partial charge in [-0.3, -0.25) is 9.36 Å². The van der Waals surface area contributed by atoms with Crippen LogP contribution in [0.3, 0.4) is 0 Å². The van der Waals surface area contributed by atoms with Gasteiger partial charge >= 0.3 is 0 Å². The summed E-state index contributed by atoms with van der Waals surface area (Å²) in [4.78, 5) is 0. The van der Waals surface area contributed by atoms with E-state index in [1.54, 1.807) is 0 Å². The van der Waals surface area contributed by atoms with E-state index in [-0.39, 0.29) is 0 Å². The van der Waals surface area contributed by atoms with Crippen molar-refractivity contribution in [1.29, 1.82) is 0 Å². The van der Waals surface area contributed by atoms with Gasteiger partial charge < -0.3 is 5.32 Å². The van der Waals surface area contributed by atoms with Crippen LogP contribution in [-0.4, -0.2) is 25.6 Å². The molecule has 1 aliphatic rings. The van der Waals surface area contributed by atoms with Crippen LogP contribution < -0.4 is 5.32 Å². The minimum atomic E-state index is 0.484. The highest BCUT2D eigenvalue weighted by Crippen LogP contribution is 2.28. The van der Waals surface area contributed by atoms with Crippen LogP contribution in [-0.2, 0) is 13.1 Å². The summed E-state index contributed by atoms with van der Waals surface area (Å²) in [6, 6.07) is 5.29. The standard InChI is InChI=1S/C16H25N5/c1-13(2)17-11-14-7-9-20(18-14)12-15-8-10-21(19-15)16-5-3-4-6-16/h7-10,13,16-17H,3-6,11-12H2,1-2H3. The van der Waals surface area contributed by atoms with E-state index in [2.05, 4.69) is 47.3 Å². The summed E-state index contributed by atoms with van der Waals surface area (Å²) in [7, 11) is 0. The average Bonchev–Trinajstić information content (AvgIpc) is 3.18. The smallest absolute Gasteiger partial charge is 0.0849 e. The number of nitrogens with zero attached hydrogens (tertiary/aromatic N) is 4. The Hall–Kier alpha value is -1.62. The highest BCUT2D eigenvalue weighted by Gasteiger charge is 2.17. The molecule has 1 fully saturated rings. The predicted molar refractivity (Wildman–Crippen MR) is 83.0 cm³/mol. The molecule has 3 rings (SSSR count). The SMILES string of the molecule is CC(C)NCc1ccn(Cc2ccn(C3CCCC3)n2)n1. The number of hydrogen-bond acceptors (Lipinski definition) is 3. The van der Waals surface area contributed by atoms with Gasteiger partial charge in [0.25, 0.3) is 0 Å². The monoisotopic (exact) mass is 287 g/mol. The van der Waals surface area contributed by atoms with E-state index in [4.69, 9.17) is 5.10 Å². The third-order valence-corrected chi connectivity index (χ3v) is 4.07. The maximum atomic E-state index is 4.71. The van der Waals surface area contributed by atoms with Gasteiger partial charge in [-0.1, -0.05) is 26.7 Å². The van der Waals surface area contributed by atoms with E-state index in [9.17, 15) is 0 Å². The van der Waals surface area contributed by atoms with Gasteiger partial charge in [0.05, 0.1) is 24.0 Å². The third kappa shape index (κ3) is 3.73. The van der Waals surface area contributed by atoms with Crippen LogP contribution in [0.25, 0.3) is 0 Å². The van der Waals surface area contributed by atoms with Crippen LogP contribution in [0.15, 0.2) is 24.5 Å². The molecule has 0 saturated heterocycles. The lowest BCUT2D eigenvalue weighted by Gasteiger charge is -2.08. The van der Waals surface area contributed by atoms with Crippen molar-refractivity contribution in [2.24, 2.45) is 0 Å². The molecule has 21 heavy (non-hydrogen) atoms. The maximum absolute atomic E-state index is 4.71. The fraction of sp³-hybridized carbons (Fsp3) is 0.625. The number of rotatable bonds is 6. The van der Waals surface area contributed by atoms with Crippen LogP contribution in [0, 0.1) is 0 Å². The summed E-state index contributed by atoms with van der Waals surface area (Å²) in [5.41, 5.74) is 2.17. The van der Waals surface area contributed by atoms with Gasteiger partial charge in [-0.2, -0.15) is 10.2 Å². The molecule has 0 unspecified atom stereocenters. The fourth-order valence-electron chi connectivity index (χ4n) is 2.89. The van der Waals surface area contributed by atoms with Gasteiger partial charge in [0.2, 0.25) is 0 Å². The highest BCUT2D eigenvalue weighted by atomic mass is 15.3. The molecule has 2 aromatic heterocycles. The fourth-order valence-corrected chi connectivity index (χ4v) is 2.89. The Morgan fingerprint density at radius 3 is 2.67 bits per heavy atom. The third-order valence-electron chi connectivity index (χ3n) is 4.07. The predicted octanol–water partition coefficient (Wildman–Crippen LogP) is 2.74. The summed E-state index contributed by atoms with van der Waals surface area (Å²) >= 11 is 0. The second-order valence-corrected chi connectivity index (χ2v) is 6.27. The molecule has 0 spiro atoms. The molecule has 1 aliphatic carbocycles. The lowest BCUT2D eigenvalue weighted by molar-refractivity contribution is 0.460. The molecule has 5 heteroatoms. The van der Waals surface area contributed by atoms with Gasteiger partial charge in [-0.15, -0.1) is 0 Å². The minimum absolute atomic E-state index is 0.484. The number of hydrogen-bond donors (Lipinski definition) is 1. The Kier molecular flexibility index (Phi) is 4.39. The van der Waals surface area contributed by atoms with Gasteiger partial charge in [-0.25, -0.2) is 0 Å². The molecule has 0 amide bonds. The molecule has 0 aliphatic heterocycles. The van der Waals surface area contributed by atoms with Gasteiger partial charge in [0.1, 0.15) is 0 Å². The Labute approximate surface area is 126 Å². The van der Waals surface area contributed by atoms with Crippen molar-refractivity contribution >= 4 is 0 Å². The maximum Gasteiger partial charge on any atom is 0.0849 e. The lowest BCUT2D eigenvalue weighted by Crippen LogP contribution is -2.22. The topological polar surface area (TPSA) is 47.7 Å². The van der Waals surface area contributed by atoms with Crippen LogP contribution in [0.1, 0.15) is 57.0 Å². The molecule has 114 valence electrons. The summed E-state index contributed by atoms with van der Waals surface area (Å²) in [6.07, 6.45) is 9.38. The Bertz CT molecular complexity index is 563. The molecule has 2 aromatic rings. The van der Waals surface area contributed by atoms with Gasteiger partial charge in [-0.05, 0) is 25.0 Å². The summed E-state index contributed by atoms with van der Waals surface area (Å²) in [6.45, 7) is 5.86. The number of nitrogens with one attached hydrogen (secondary N) is 1. The van der Waals surface area contributed by atoms with Crippen molar-refractivity contribution in [2.45, 2.75) is 64.7 Å². The van der Waals surface area contributed by atoms with E-state index in [1.165, 1.54) is 25.7 Å². The second-order valence-electron chi connectivity index (χ2n) is 6.27. The normalized spacial score (nSPS) is 16.1. The van der Waals surface area contributed by atoms with Crippen LogP contribution in [0.4, 0.5) is 0 Å². The molecule has 5 nitrogen and oxygen atoms in total. The van der Waals surface area contributed by atoms with E-state index < -0.39 is 0 Å². The molecule has 0 aromatic carbocycles. The average molecular weight is 287 g/mol. The molecule has 0 atom stereocenters. The molecular formula is C16H25N5.